The third-order valence-electron chi connectivity index (χ3n) is 8.09. The van der Waals surface area contributed by atoms with Gasteiger partial charge in [0.15, 0.2) is 11.6 Å². The first-order chi connectivity index (χ1) is 19.7. The van der Waals surface area contributed by atoms with Gasteiger partial charge in [-0.05, 0) is 98.8 Å². The molecule has 214 valence electrons. The number of nitrogens with zero attached hydrogens (tertiary/aromatic N) is 3. The van der Waals surface area contributed by atoms with Crippen molar-refractivity contribution < 1.29 is 27.6 Å². The van der Waals surface area contributed by atoms with Crippen molar-refractivity contribution in [2.75, 3.05) is 26.2 Å². The van der Waals surface area contributed by atoms with Crippen LogP contribution in [0.3, 0.4) is 0 Å². The number of halogens is 3. The van der Waals surface area contributed by atoms with E-state index in [1.165, 1.54) is 42.6 Å². The lowest BCUT2D eigenvalue weighted by molar-refractivity contribution is 0.0649. The number of rotatable bonds is 8. The van der Waals surface area contributed by atoms with Crippen LogP contribution in [0.2, 0.25) is 0 Å². The standard InChI is InChI=1S/C32H32F3N3O3/c33-26-4-1-23(2-5-26)31(40)24-9-13-38(14-10-24)32(41)25-3-6-29(36-19-25)30(39)17-21-7-11-37(12-8-21)20-22-15-27(34)18-28(35)16-22/h1-6,15-16,18-19,21,24H,7-14,17,20H2. The minimum Gasteiger partial charge on any atom is -0.339 e. The normalized spacial score (nSPS) is 17.0. The molecule has 5 rings (SSSR count). The van der Waals surface area contributed by atoms with E-state index in [0.29, 0.717) is 61.3 Å². The number of likely N-dealkylation sites (tertiary alicyclic amines) is 2. The number of benzene rings is 2. The second-order valence-electron chi connectivity index (χ2n) is 11.0. The number of carbonyl (C=O) groups excluding carboxylic acids is 3. The summed E-state index contributed by atoms with van der Waals surface area (Å²) >= 11 is 0. The zero-order valence-corrected chi connectivity index (χ0v) is 22.7. The average Bonchev–Trinajstić information content (AvgIpc) is 2.97. The number of carbonyl (C=O) groups is 3. The Morgan fingerprint density at radius 3 is 2.00 bits per heavy atom. The van der Waals surface area contributed by atoms with Crippen molar-refractivity contribution in [1.29, 1.82) is 0 Å². The molecule has 0 N–H and O–H groups in total. The molecule has 6 nitrogen and oxygen atoms in total. The highest BCUT2D eigenvalue weighted by molar-refractivity contribution is 5.99. The van der Waals surface area contributed by atoms with E-state index in [2.05, 4.69) is 9.88 Å². The molecule has 2 aliphatic rings. The van der Waals surface area contributed by atoms with Gasteiger partial charge < -0.3 is 4.90 Å². The Labute approximate surface area is 237 Å². The van der Waals surface area contributed by atoms with Crippen LogP contribution in [0.15, 0.2) is 60.8 Å². The zero-order chi connectivity index (χ0) is 28.9. The van der Waals surface area contributed by atoms with Crippen LogP contribution in [-0.2, 0) is 6.54 Å². The third-order valence-corrected chi connectivity index (χ3v) is 8.09. The summed E-state index contributed by atoms with van der Waals surface area (Å²) in [5, 5.41) is 0. The first-order valence-electron chi connectivity index (χ1n) is 14.0. The van der Waals surface area contributed by atoms with E-state index in [1.54, 1.807) is 17.0 Å². The number of hydrogen-bond donors (Lipinski definition) is 0. The molecule has 41 heavy (non-hydrogen) atoms. The fourth-order valence-corrected chi connectivity index (χ4v) is 5.74. The molecule has 2 fully saturated rings. The molecule has 2 aliphatic heterocycles. The summed E-state index contributed by atoms with van der Waals surface area (Å²) in [6.45, 7) is 2.81. The Balaban J connectivity index is 1.07. The van der Waals surface area contributed by atoms with Gasteiger partial charge in [-0.1, -0.05) is 0 Å². The highest BCUT2D eigenvalue weighted by Gasteiger charge is 2.29. The van der Waals surface area contributed by atoms with Gasteiger partial charge in [-0.15, -0.1) is 0 Å². The lowest BCUT2D eigenvalue weighted by Gasteiger charge is -2.31. The summed E-state index contributed by atoms with van der Waals surface area (Å²) in [6, 6.07) is 12.3. The second kappa shape index (κ2) is 12.8. The molecule has 0 radical (unpaired) electrons. The van der Waals surface area contributed by atoms with E-state index in [0.717, 1.165) is 32.0 Å². The summed E-state index contributed by atoms with van der Waals surface area (Å²) < 4.78 is 40.1. The summed E-state index contributed by atoms with van der Waals surface area (Å²) in [5.74, 6) is -1.86. The lowest BCUT2D eigenvalue weighted by atomic mass is 9.88. The Morgan fingerprint density at radius 2 is 1.39 bits per heavy atom. The van der Waals surface area contributed by atoms with Gasteiger partial charge in [0.1, 0.15) is 23.1 Å². The van der Waals surface area contributed by atoms with Crippen molar-refractivity contribution in [3.63, 3.8) is 0 Å². The van der Waals surface area contributed by atoms with Gasteiger partial charge in [-0.2, -0.15) is 0 Å². The average molecular weight is 564 g/mol. The first kappa shape index (κ1) is 28.7. The SMILES string of the molecule is O=C(CC1CCN(Cc2cc(F)cc(F)c2)CC1)c1ccc(C(=O)N2CCC(C(=O)c3ccc(F)cc3)CC2)cn1. The topological polar surface area (TPSA) is 70.6 Å². The van der Waals surface area contributed by atoms with E-state index in [1.807, 2.05) is 0 Å². The number of amides is 1. The maximum atomic E-state index is 13.5. The van der Waals surface area contributed by atoms with E-state index < -0.39 is 11.6 Å². The van der Waals surface area contributed by atoms with E-state index in [9.17, 15) is 27.6 Å². The molecule has 0 atom stereocenters. The first-order valence-corrected chi connectivity index (χ1v) is 14.0. The largest absolute Gasteiger partial charge is 0.339 e. The Kier molecular flexibility index (Phi) is 8.93. The van der Waals surface area contributed by atoms with E-state index in [-0.39, 0.29) is 35.1 Å². The molecule has 1 aromatic heterocycles. The summed E-state index contributed by atoms with van der Waals surface area (Å²) in [6.07, 6.45) is 4.47. The van der Waals surface area contributed by atoms with E-state index >= 15 is 0 Å². The van der Waals surface area contributed by atoms with Crippen LogP contribution in [0, 0.1) is 29.3 Å². The second-order valence-corrected chi connectivity index (χ2v) is 11.0. The van der Waals surface area contributed by atoms with Gasteiger partial charge in [0, 0.05) is 49.8 Å². The van der Waals surface area contributed by atoms with Crippen molar-refractivity contribution in [1.82, 2.24) is 14.8 Å². The molecule has 3 aromatic rings. The van der Waals surface area contributed by atoms with Crippen LogP contribution in [0.1, 0.15) is 68.9 Å². The number of Topliss-reactive ketones (excluding diaryl/α,β-unsaturated/α-hetero) is 2. The Morgan fingerprint density at radius 1 is 0.756 bits per heavy atom. The predicted molar refractivity (Wildman–Crippen MR) is 147 cm³/mol. The minimum absolute atomic E-state index is 0.0331. The van der Waals surface area contributed by atoms with Crippen LogP contribution in [-0.4, -0.2) is 58.4 Å². The highest BCUT2D eigenvalue weighted by atomic mass is 19.1. The van der Waals surface area contributed by atoms with Crippen molar-refractivity contribution in [2.24, 2.45) is 11.8 Å². The summed E-state index contributed by atoms with van der Waals surface area (Å²) in [5.41, 5.74) is 1.79. The maximum absolute atomic E-state index is 13.5. The smallest absolute Gasteiger partial charge is 0.255 e. The van der Waals surface area contributed by atoms with Gasteiger partial charge in [0.25, 0.3) is 5.91 Å². The van der Waals surface area contributed by atoms with Crippen LogP contribution in [0.4, 0.5) is 13.2 Å². The molecule has 0 spiro atoms. The fraction of sp³-hybridized carbons (Fsp3) is 0.375. The lowest BCUT2D eigenvalue weighted by Crippen LogP contribution is -2.40. The molecular weight excluding hydrogens is 531 g/mol. The summed E-state index contributed by atoms with van der Waals surface area (Å²) in [7, 11) is 0. The predicted octanol–water partition coefficient (Wildman–Crippen LogP) is 5.72. The van der Waals surface area contributed by atoms with Gasteiger partial charge in [-0.3, -0.25) is 24.3 Å². The van der Waals surface area contributed by atoms with Crippen molar-refractivity contribution in [2.45, 2.75) is 38.6 Å². The van der Waals surface area contributed by atoms with Crippen molar-refractivity contribution in [3.05, 3.63) is 101 Å². The van der Waals surface area contributed by atoms with Crippen LogP contribution in [0.25, 0.3) is 0 Å². The highest BCUT2D eigenvalue weighted by Crippen LogP contribution is 2.25. The number of aromatic nitrogens is 1. The summed E-state index contributed by atoms with van der Waals surface area (Å²) in [4.78, 5) is 46.7. The molecule has 0 unspecified atom stereocenters. The van der Waals surface area contributed by atoms with Crippen LogP contribution in [0.5, 0.6) is 0 Å². The molecule has 0 aliphatic carbocycles. The number of hydrogen-bond acceptors (Lipinski definition) is 5. The molecule has 2 aromatic carbocycles. The molecular formula is C32H32F3N3O3. The molecule has 0 bridgehead atoms. The van der Waals surface area contributed by atoms with E-state index in [4.69, 9.17) is 0 Å². The molecule has 1 amide bonds. The third kappa shape index (κ3) is 7.27. The maximum Gasteiger partial charge on any atom is 0.255 e. The quantitative estimate of drug-likeness (QED) is 0.328. The molecule has 9 heteroatoms. The monoisotopic (exact) mass is 563 g/mol. The minimum atomic E-state index is -0.583. The van der Waals surface area contributed by atoms with Crippen molar-refractivity contribution in [3.8, 4) is 0 Å². The number of ketones is 2. The number of piperidine rings is 2. The Hall–Kier alpha value is -3.85. The number of pyridine rings is 1. The van der Waals surface area contributed by atoms with Gasteiger partial charge in [-0.25, -0.2) is 13.2 Å². The molecule has 2 saturated heterocycles. The fourth-order valence-electron chi connectivity index (χ4n) is 5.74. The van der Waals surface area contributed by atoms with Gasteiger partial charge in [0.05, 0.1) is 5.56 Å². The van der Waals surface area contributed by atoms with Crippen molar-refractivity contribution >= 4 is 17.5 Å². The van der Waals surface area contributed by atoms with Gasteiger partial charge >= 0.3 is 0 Å². The molecule has 3 heterocycles. The van der Waals surface area contributed by atoms with Gasteiger partial charge in [0.2, 0.25) is 0 Å². The Bertz CT molecular complexity index is 1380. The zero-order valence-electron chi connectivity index (χ0n) is 22.7. The van der Waals surface area contributed by atoms with Crippen LogP contribution < -0.4 is 0 Å². The molecule has 0 saturated carbocycles. The van der Waals surface area contributed by atoms with Crippen LogP contribution >= 0.6 is 0 Å².